The van der Waals surface area contributed by atoms with Crippen LogP contribution < -0.4 is 5.32 Å². The van der Waals surface area contributed by atoms with Crippen molar-refractivity contribution in [3.8, 4) is 0 Å². The smallest absolute Gasteiger partial charge is 0.0713 e. The van der Waals surface area contributed by atoms with Gasteiger partial charge in [-0.15, -0.1) is 0 Å². The van der Waals surface area contributed by atoms with E-state index in [1.54, 1.807) is 0 Å². The first-order valence-corrected chi connectivity index (χ1v) is 10.1. The second kappa shape index (κ2) is 7.67. The van der Waals surface area contributed by atoms with E-state index in [2.05, 4.69) is 28.9 Å². The fraction of sp³-hybridized carbons (Fsp3) is 1.00. The maximum atomic E-state index is 6.27. The highest BCUT2D eigenvalue weighted by Gasteiger charge is 2.41. The number of thioether (sulfide) groups is 1. The second-order valence-electron chi connectivity index (χ2n) is 7.10. The zero-order chi connectivity index (χ0) is 14.5. The molecule has 0 radical (unpaired) electrons. The van der Waals surface area contributed by atoms with Gasteiger partial charge in [0.25, 0.3) is 0 Å². The number of piperidine rings is 1. The summed E-state index contributed by atoms with van der Waals surface area (Å²) in [6.07, 6.45) is 7.90. The van der Waals surface area contributed by atoms with Gasteiger partial charge in [-0.3, -0.25) is 4.90 Å². The predicted octanol–water partition coefficient (Wildman–Crippen LogP) is 2.75. The highest BCUT2D eigenvalue weighted by molar-refractivity contribution is 7.99. The Bertz CT molecular complexity index is 314. The molecule has 0 amide bonds. The fourth-order valence-corrected chi connectivity index (χ4v) is 5.59. The highest BCUT2D eigenvalue weighted by atomic mass is 32.2. The monoisotopic (exact) mass is 312 g/mol. The van der Waals surface area contributed by atoms with Gasteiger partial charge in [-0.1, -0.05) is 6.92 Å². The first kappa shape index (κ1) is 16.1. The average Bonchev–Trinajstić information content (AvgIpc) is 2.54. The lowest BCUT2D eigenvalue weighted by atomic mass is 9.83. The van der Waals surface area contributed by atoms with E-state index in [1.165, 1.54) is 69.7 Å². The molecule has 0 saturated carbocycles. The van der Waals surface area contributed by atoms with Crippen molar-refractivity contribution in [1.82, 2.24) is 10.2 Å². The Morgan fingerprint density at radius 1 is 1.29 bits per heavy atom. The van der Waals surface area contributed by atoms with E-state index in [-0.39, 0.29) is 5.60 Å². The van der Waals surface area contributed by atoms with Crippen molar-refractivity contribution >= 4 is 11.8 Å². The molecule has 3 nitrogen and oxygen atoms in total. The summed E-state index contributed by atoms with van der Waals surface area (Å²) in [6.45, 7) is 8.14. The number of hydrogen-bond acceptors (Lipinski definition) is 4. The first-order chi connectivity index (χ1) is 10.3. The van der Waals surface area contributed by atoms with Gasteiger partial charge in [-0.25, -0.2) is 0 Å². The summed E-state index contributed by atoms with van der Waals surface area (Å²) in [6, 6.07) is 0.784. The largest absolute Gasteiger partial charge is 0.375 e. The minimum Gasteiger partial charge on any atom is -0.375 e. The van der Waals surface area contributed by atoms with Gasteiger partial charge >= 0.3 is 0 Å². The molecular weight excluding hydrogens is 280 g/mol. The van der Waals surface area contributed by atoms with Gasteiger partial charge in [-0.05, 0) is 75.6 Å². The molecule has 3 aliphatic heterocycles. The molecule has 1 N–H and O–H groups in total. The van der Waals surface area contributed by atoms with Crippen molar-refractivity contribution in [2.45, 2.75) is 57.1 Å². The number of hydrogen-bond donors (Lipinski definition) is 1. The van der Waals surface area contributed by atoms with E-state index in [0.29, 0.717) is 0 Å². The topological polar surface area (TPSA) is 24.5 Å². The van der Waals surface area contributed by atoms with E-state index < -0.39 is 0 Å². The van der Waals surface area contributed by atoms with Crippen molar-refractivity contribution in [1.29, 1.82) is 0 Å². The molecule has 2 unspecified atom stereocenters. The Kier molecular flexibility index (Phi) is 5.88. The first-order valence-electron chi connectivity index (χ1n) is 8.98. The summed E-state index contributed by atoms with van der Waals surface area (Å²) >= 11 is 2.11. The summed E-state index contributed by atoms with van der Waals surface area (Å²) in [5, 5.41) is 3.54. The third-order valence-electron chi connectivity index (χ3n) is 5.62. The van der Waals surface area contributed by atoms with Crippen LogP contribution in [0.1, 0.15) is 45.4 Å². The van der Waals surface area contributed by atoms with Gasteiger partial charge in [0.15, 0.2) is 0 Å². The summed E-state index contributed by atoms with van der Waals surface area (Å²) in [4.78, 5) is 2.80. The lowest BCUT2D eigenvalue weighted by Crippen LogP contribution is -2.53. The van der Waals surface area contributed by atoms with Gasteiger partial charge in [0.05, 0.1) is 5.60 Å². The molecule has 2 atom stereocenters. The van der Waals surface area contributed by atoms with Crippen molar-refractivity contribution < 1.29 is 4.74 Å². The molecule has 4 heteroatoms. The molecule has 0 aromatic carbocycles. The molecule has 3 fully saturated rings. The van der Waals surface area contributed by atoms with Crippen LogP contribution in [0.25, 0.3) is 0 Å². The van der Waals surface area contributed by atoms with E-state index in [4.69, 9.17) is 4.74 Å². The molecular formula is C17H32N2OS. The van der Waals surface area contributed by atoms with Crippen LogP contribution in [0.3, 0.4) is 0 Å². The van der Waals surface area contributed by atoms with E-state index in [9.17, 15) is 0 Å². The van der Waals surface area contributed by atoms with Crippen molar-refractivity contribution in [3.63, 3.8) is 0 Å². The quantitative estimate of drug-likeness (QED) is 0.863. The number of nitrogens with zero attached hydrogens (tertiary/aromatic N) is 1. The van der Waals surface area contributed by atoms with Crippen molar-refractivity contribution in [3.05, 3.63) is 0 Å². The molecule has 3 heterocycles. The summed E-state index contributed by atoms with van der Waals surface area (Å²) in [5.74, 6) is 3.46. The minimum absolute atomic E-state index is 0.239. The third kappa shape index (κ3) is 4.15. The lowest BCUT2D eigenvalue weighted by molar-refractivity contribution is -0.113. The third-order valence-corrected chi connectivity index (χ3v) is 6.61. The van der Waals surface area contributed by atoms with Crippen LogP contribution >= 0.6 is 11.8 Å². The van der Waals surface area contributed by atoms with Crippen LogP contribution in [-0.2, 0) is 4.74 Å². The van der Waals surface area contributed by atoms with Gasteiger partial charge in [0, 0.05) is 19.2 Å². The summed E-state index contributed by atoms with van der Waals surface area (Å²) < 4.78 is 6.27. The van der Waals surface area contributed by atoms with E-state index in [1.807, 2.05) is 0 Å². The Hall–Kier alpha value is 0.230. The molecule has 122 valence electrons. The van der Waals surface area contributed by atoms with Gasteiger partial charge < -0.3 is 10.1 Å². The van der Waals surface area contributed by atoms with Crippen LogP contribution in [0.5, 0.6) is 0 Å². The van der Waals surface area contributed by atoms with Crippen LogP contribution in [0.2, 0.25) is 0 Å². The zero-order valence-corrected chi connectivity index (χ0v) is 14.4. The van der Waals surface area contributed by atoms with Gasteiger partial charge in [0.2, 0.25) is 0 Å². The number of ether oxygens (including phenoxy) is 1. The van der Waals surface area contributed by atoms with E-state index >= 15 is 0 Å². The second-order valence-corrected chi connectivity index (χ2v) is 8.33. The Morgan fingerprint density at radius 2 is 2.14 bits per heavy atom. The normalized spacial score (nSPS) is 34.1. The lowest BCUT2D eigenvalue weighted by Gasteiger charge is -2.48. The van der Waals surface area contributed by atoms with Crippen LogP contribution in [0.4, 0.5) is 0 Å². The van der Waals surface area contributed by atoms with Crippen LogP contribution in [-0.4, -0.2) is 60.8 Å². The molecule has 3 rings (SSSR count). The summed E-state index contributed by atoms with van der Waals surface area (Å²) in [5.41, 5.74) is 0.239. The minimum atomic E-state index is 0.239. The Labute approximate surface area is 134 Å². The molecule has 0 aliphatic carbocycles. The standard InChI is InChI=1S/C17H32N2OS/c1-2-18-13-15-4-3-8-19(14-15)16-5-9-20-17(12-16)6-10-21-11-7-17/h15-16,18H,2-14H2,1H3. The molecule has 21 heavy (non-hydrogen) atoms. The molecule has 1 spiro atoms. The SMILES string of the molecule is CCNCC1CCCN(C2CCOC3(CCSCC3)C2)C1. The Morgan fingerprint density at radius 3 is 2.95 bits per heavy atom. The van der Waals surface area contributed by atoms with Crippen LogP contribution in [0, 0.1) is 5.92 Å². The number of nitrogens with one attached hydrogen (secondary N) is 1. The van der Waals surface area contributed by atoms with Gasteiger partial charge in [-0.2, -0.15) is 11.8 Å². The van der Waals surface area contributed by atoms with Crippen molar-refractivity contribution in [2.75, 3.05) is 44.3 Å². The molecule has 0 aromatic rings. The highest BCUT2D eigenvalue weighted by Crippen LogP contribution is 2.39. The Balaban J connectivity index is 1.55. The number of rotatable bonds is 4. The average molecular weight is 313 g/mol. The maximum Gasteiger partial charge on any atom is 0.0713 e. The fourth-order valence-electron chi connectivity index (χ4n) is 4.35. The maximum absolute atomic E-state index is 6.27. The molecule has 3 saturated heterocycles. The number of likely N-dealkylation sites (tertiary alicyclic amines) is 1. The predicted molar refractivity (Wildman–Crippen MR) is 91.1 cm³/mol. The molecule has 0 bridgehead atoms. The molecule has 0 aromatic heterocycles. The zero-order valence-electron chi connectivity index (χ0n) is 13.6. The van der Waals surface area contributed by atoms with Crippen molar-refractivity contribution in [2.24, 2.45) is 5.92 Å². The molecule has 3 aliphatic rings. The van der Waals surface area contributed by atoms with Gasteiger partial charge in [0.1, 0.15) is 0 Å². The van der Waals surface area contributed by atoms with E-state index in [0.717, 1.165) is 25.1 Å². The summed E-state index contributed by atoms with van der Waals surface area (Å²) in [7, 11) is 0. The van der Waals surface area contributed by atoms with Crippen LogP contribution in [0.15, 0.2) is 0 Å².